The number of aryl methyl sites for hydroxylation is 1. The molecule has 4 spiro atoms. The highest BCUT2D eigenvalue weighted by Gasteiger charge is 2.79. The molecular formula is C55H78N2O11S2. The minimum Gasteiger partial charge on any atom is -0.508 e. The SMILES string of the molecule is CNCC1CCC2(CN3C(=O)C24C(CO)CCCC4CSSC(O)C24CC(O)C(O)CC2(C)C2CC5C=CCC(O)(C6OC6C(C)C(C)C)C6CCC(O)(C2=CC4=O)C56CCc2cc(O)cc3c2)C1O. The van der Waals surface area contributed by atoms with Crippen molar-refractivity contribution in [3.8, 4) is 5.75 Å². The zero-order chi connectivity index (χ0) is 49.7. The Morgan fingerprint density at radius 1 is 0.971 bits per heavy atom. The average molecular weight is 1010 g/mol. The van der Waals surface area contributed by atoms with Crippen LogP contribution in [0, 0.1) is 74.4 Å². The maximum Gasteiger partial charge on any atom is 0.234 e. The monoisotopic (exact) mass is 1010 g/mol. The number of hydrogen-bond acceptors (Lipinski definition) is 14. The Hall–Kier alpha value is -2.02. The number of phenols is 1. The molecule has 0 radical (unpaired) electrons. The van der Waals surface area contributed by atoms with E-state index in [0.717, 1.165) is 12.0 Å². The molecule has 13 nitrogen and oxygen atoms in total. The number of epoxide rings is 1. The molecule has 9 N–H and O–H groups in total. The summed E-state index contributed by atoms with van der Waals surface area (Å²) >= 11 is 0. The molecule has 2 saturated heterocycles. The number of carbonyl (C=O) groups is 2. The first-order valence-electron chi connectivity index (χ1n) is 26.7. The summed E-state index contributed by atoms with van der Waals surface area (Å²) in [5.74, 6) is -1.88. The van der Waals surface area contributed by atoms with E-state index >= 15 is 9.59 Å². The van der Waals surface area contributed by atoms with Crippen LogP contribution < -0.4 is 10.2 Å². The first kappa shape index (κ1) is 50.2. The van der Waals surface area contributed by atoms with Crippen LogP contribution >= 0.6 is 21.6 Å². The summed E-state index contributed by atoms with van der Waals surface area (Å²) < 4.78 is 6.51. The molecule has 1 aromatic rings. The van der Waals surface area contributed by atoms with Gasteiger partial charge in [-0.05, 0) is 160 Å². The minimum atomic E-state index is -1.61. The lowest BCUT2D eigenvalue weighted by molar-refractivity contribution is -0.206. The molecule has 5 saturated carbocycles. The van der Waals surface area contributed by atoms with Gasteiger partial charge in [-0.15, -0.1) is 0 Å². The van der Waals surface area contributed by atoms with Gasteiger partial charge in [0.25, 0.3) is 0 Å². The number of aliphatic hydroxyl groups is 7. The summed E-state index contributed by atoms with van der Waals surface area (Å²) in [4.78, 5) is 33.4. The molecule has 7 fully saturated rings. The summed E-state index contributed by atoms with van der Waals surface area (Å²) in [6, 6.07) is 5.32. The Bertz CT molecular complexity index is 2330. The summed E-state index contributed by atoms with van der Waals surface area (Å²) in [5, 5.41) is 103. The Balaban J connectivity index is 1.11. The van der Waals surface area contributed by atoms with Gasteiger partial charge in [-0.1, -0.05) is 67.9 Å². The molecule has 20 unspecified atom stereocenters. The van der Waals surface area contributed by atoms with E-state index in [4.69, 9.17) is 4.74 Å². The Morgan fingerprint density at radius 2 is 1.74 bits per heavy atom. The first-order valence-corrected chi connectivity index (χ1v) is 29.1. The third kappa shape index (κ3) is 6.44. The second kappa shape index (κ2) is 17.3. The fraction of sp³-hybridized carbons (Fsp3) is 0.782. The van der Waals surface area contributed by atoms with E-state index in [-0.39, 0.29) is 79.6 Å². The molecule has 13 rings (SSSR count). The number of ether oxygens (including phenoxy) is 1. The standard InChI is InChI=1S/C55H78N2O11S2/c1-29(2)30(3)44-46(68-44)53(66)14-7-10-33-20-38-39-22-43(62)52(24-41(61)40(60)23-49(38,52)4)48(65)70-69-27-35-9-6-8-34(26-58)55(35)47(64)57(28-50(55)15-12-32(25-56-5)45(50)63)36-18-31(19-37(59)21-36)11-16-51(33)42(53)13-17-54(39,51)67/h7,10,18-19,21-22,29-30,32-35,38,40-42,44-46,48,56,58-61,63,65-67H,6,8-9,11-17,20,23-28H2,1-5H3. The highest BCUT2D eigenvalue weighted by Crippen LogP contribution is 2.76. The maximum absolute atomic E-state index is 16.0. The number of carbonyl (C=O) groups excluding carboxylic acids is 2. The maximum atomic E-state index is 16.0. The van der Waals surface area contributed by atoms with Crippen LogP contribution in [-0.4, -0.2) is 132 Å². The molecule has 5 heterocycles. The number of aromatic hydroxyl groups is 1. The van der Waals surface area contributed by atoms with Crippen molar-refractivity contribution in [2.24, 2.45) is 74.4 Å². The van der Waals surface area contributed by atoms with Crippen molar-refractivity contribution in [1.29, 1.82) is 0 Å². The van der Waals surface area contributed by atoms with Gasteiger partial charge in [0, 0.05) is 54.0 Å². The van der Waals surface area contributed by atoms with Crippen molar-refractivity contribution in [3.63, 3.8) is 0 Å². The van der Waals surface area contributed by atoms with Crippen molar-refractivity contribution in [2.75, 3.05) is 37.4 Å². The van der Waals surface area contributed by atoms with E-state index in [1.54, 1.807) is 23.1 Å². The van der Waals surface area contributed by atoms with E-state index in [1.165, 1.54) is 21.6 Å². The van der Waals surface area contributed by atoms with Crippen LogP contribution in [0.25, 0.3) is 0 Å². The van der Waals surface area contributed by atoms with Crippen LogP contribution in [0.5, 0.6) is 5.75 Å². The summed E-state index contributed by atoms with van der Waals surface area (Å²) in [5.41, 5.74) is -8.29. The van der Waals surface area contributed by atoms with Gasteiger partial charge in [0.05, 0.1) is 40.8 Å². The number of ketones is 1. The van der Waals surface area contributed by atoms with Crippen LogP contribution in [0.3, 0.4) is 0 Å². The fourth-order valence-electron chi connectivity index (χ4n) is 18.6. The van der Waals surface area contributed by atoms with Gasteiger partial charge in [0.1, 0.15) is 22.9 Å². The largest absolute Gasteiger partial charge is 0.508 e. The molecule has 386 valence electrons. The second-order valence-electron chi connectivity index (χ2n) is 24.8. The highest BCUT2D eigenvalue weighted by molar-refractivity contribution is 8.76. The number of nitrogens with zero attached hydrogens (tertiary/aromatic N) is 1. The lowest BCUT2D eigenvalue weighted by atomic mass is 9.39. The normalized spacial score (nSPS) is 50.0. The van der Waals surface area contributed by atoms with Crippen molar-refractivity contribution in [2.45, 2.75) is 158 Å². The van der Waals surface area contributed by atoms with Gasteiger partial charge in [0.2, 0.25) is 5.91 Å². The number of nitrogens with one attached hydrogen (secondary N) is 1. The van der Waals surface area contributed by atoms with E-state index < -0.39 is 85.9 Å². The van der Waals surface area contributed by atoms with Gasteiger partial charge in [-0.25, -0.2) is 0 Å². The number of aliphatic hydroxyl groups excluding tert-OH is 5. The molecule has 8 bridgehead atoms. The van der Waals surface area contributed by atoms with Crippen LogP contribution in [0.4, 0.5) is 5.69 Å². The average Bonchev–Trinajstić information content (AvgIpc) is 3.94. The van der Waals surface area contributed by atoms with Crippen molar-refractivity contribution in [1.82, 2.24) is 5.32 Å². The smallest absolute Gasteiger partial charge is 0.234 e. The van der Waals surface area contributed by atoms with Crippen LogP contribution in [-0.2, 0) is 20.7 Å². The number of benzene rings is 1. The predicted octanol–water partition coefficient (Wildman–Crippen LogP) is 5.29. The molecule has 1 aromatic carbocycles. The van der Waals surface area contributed by atoms with Crippen molar-refractivity contribution in [3.05, 3.63) is 47.6 Å². The molecular weight excluding hydrogens is 929 g/mol. The van der Waals surface area contributed by atoms with Gasteiger partial charge >= 0.3 is 0 Å². The molecule has 5 aliphatic heterocycles. The number of phenolic OH excluding ortho intramolecular Hbond substituents is 1. The summed E-state index contributed by atoms with van der Waals surface area (Å²) in [6.45, 7) is 8.98. The Kier molecular flexibility index (Phi) is 12.4. The van der Waals surface area contributed by atoms with Crippen molar-refractivity contribution >= 4 is 39.0 Å². The lowest BCUT2D eigenvalue weighted by Gasteiger charge is -2.66. The van der Waals surface area contributed by atoms with E-state index in [0.29, 0.717) is 87.3 Å². The molecule has 20 atom stereocenters. The Labute approximate surface area is 421 Å². The number of rotatable bonds is 6. The third-order valence-corrected chi connectivity index (χ3v) is 24.8. The van der Waals surface area contributed by atoms with Gasteiger partial charge < -0.3 is 55.8 Å². The zero-order valence-electron chi connectivity index (χ0n) is 41.6. The topological polar surface area (TPSA) is 224 Å². The van der Waals surface area contributed by atoms with Gasteiger partial charge in [-0.2, -0.15) is 0 Å². The molecule has 70 heavy (non-hydrogen) atoms. The Morgan fingerprint density at radius 3 is 2.49 bits per heavy atom. The number of hydrogen-bond donors (Lipinski definition) is 9. The first-order chi connectivity index (χ1) is 33.2. The van der Waals surface area contributed by atoms with Crippen LogP contribution in [0.1, 0.15) is 110 Å². The molecule has 1 amide bonds. The van der Waals surface area contributed by atoms with Gasteiger partial charge in [-0.3, -0.25) is 9.59 Å². The highest BCUT2D eigenvalue weighted by atomic mass is 33.1. The molecule has 7 aliphatic carbocycles. The van der Waals surface area contributed by atoms with Gasteiger partial charge in [0.15, 0.2) is 5.78 Å². The number of amides is 1. The summed E-state index contributed by atoms with van der Waals surface area (Å²) in [7, 11) is 4.43. The predicted molar refractivity (Wildman–Crippen MR) is 268 cm³/mol. The minimum absolute atomic E-state index is 0.0161. The summed E-state index contributed by atoms with van der Waals surface area (Å²) in [6.07, 6.45) is 7.27. The third-order valence-electron chi connectivity index (χ3n) is 22.2. The van der Waals surface area contributed by atoms with Crippen molar-refractivity contribution < 1.29 is 55.2 Å². The zero-order valence-corrected chi connectivity index (χ0v) is 43.3. The number of fused-ring (bicyclic) bond motifs is 1. The molecule has 12 aliphatic rings. The number of anilines is 1. The van der Waals surface area contributed by atoms with E-state index in [9.17, 15) is 40.9 Å². The number of allylic oxidation sites excluding steroid dienone is 2. The second-order valence-corrected chi connectivity index (χ2v) is 27.3. The van der Waals surface area contributed by atoms with Crippen LogP contribution in [0.15, 0.2) is 42.0 Å². The quantitative estimate of drug-likeness (QED) is 0.101. The van der Waals surface area contributed by atoms with E-state index in [1.807, 2.05) is 20.0 Å². The van der Waals surface area contributed by atoms with Crippen LogP contribution in [0.2, 0.25) is 0 Å². The molecule has 15 heteroatoms. The fourth-order valence-corrected chi connectivity index (χ4v) is 21.6. The molecule has 0 aromatic heterocycles. The van der Waals surface area contributed by atoms with E-state index in [2.05, 4.69) is 38.2 Å². The lowest BCUT2D eigenvalue weighted by Crippen LogP contribution is -2.70.